The molecule has 1 aromatic rings. The fraction of sp³-hybridized carbons (Fsp3) is 0.462. The Morgan fingerprint density at radius 3 is 2.76 bits per heavy atom. The van der Waals surface area contributed by atoms with Crippen LogP contribution in [0.1, 0.15) is 23.7 Å². The minimum atomic E-state index is 0.000741. The molecule has 17 heavy (non-hydrogen) atoms. The van der Waals surface area contributed by atoms with E-state index in [9.17, 15) is 4.79 Å². The summed E-state index contributed by atoms with van der Waals surface area (Å²) in [6.07, 6.45) is 1.04. The molecule has 0 aromatic heterocycles. The molecule has 0 bridgehead atoms. The second kappa shape index (κ2) is 5.82. The zero-order valence-corrected chi connectivity index (χ0v) is 11.9. The fourth-order valence-electron chi connectivity index (χ4n) is 1.96. The van der Waals surface area contributed by atoms with Crippen LogP contribution < -0.4 is 5.32 Å². The van der Waals surface area contributed by atoms with Crippen LogP contribution in [0.2, 0.25) is 0 Å². The van der Waals surface area contributed by atoms with Crippen molar-refractivity contribution in [1.82, 2.24) is 5.32 Å². The molecule has 3 nitrogen and oxygen atoms in total. The van der Waals surface area contributed by atoms with E-state index in [0.717, 1.165) is 28.8 Å². The first kappa shape index (κ1) is 12.8. The number of carbonyl (C=O) groups is 1. The van der Waals surface area contributed by atoms with E-state index in [1.165, 1.54) is 0 Å². The number of hydrogen-bond acceptors (Lipinski definition) is 2. The molecule has 0 radical (unpaired) electrons. The molecule has 2 rings (SSSR count). The van der Waals surface area contributed by atoms with Crippen LogP contribution in [0, 0.1) is 9.49 Å². The van der Waals surface area contributed by atoms with Crippen molar-refractivity contribution in [2.24, 2.45) is 5.92 Å². The molecule has 2 atom stereocenters. The van der Waals surface area contributed by atoms with E-state index in [4.69, 9.17) is 4.74 Å². The third-order valence-electron chi connectivity index (χ3n) is 3.14. The van der Waals surface area contributed by atoms with Crippen molar-refractivity contribution >= 4 is 28.5 Å². The van der Waals surface area contributed by atoms with Crippen molar-refractivity contribution in [3.63, 3.8) is 0 Å². The molecule has 0 saturated carbocycles. The standard InChI is InChI=1S/C13H16INO2/c1-9(11-6-7-17-8-11)15-13(16)10-2-4-12(14)5-3-10/h2-5,9,11H,6-8H2,1H3,(H,15,16). The lowest BCUT2D eigenvalue weighted by Crippen LogP contribution is -2.38. The quantitative estimate of drug-likeness (QED) is 0.855. The molecule has 1 amide bonds. The zero-order chi connectivity index (χ0) is 12.3. The summed E-state index contributed by atoms with van der Waals surface area (Å²) in [7, 11) is 0. The number of benzene rings is 1. The maximum atomic E-state index is 12.0. The lowest BCUT2D eigenvalue weighted by atomic mass is 10.0. The summed E-state index contributed by atoms with van der Waals surface area (Å²) in [5, 5.41) is 3.04. The maximum absolute atomic E-state index is 12.0. The van der Waals surface area contributed by atoms with Gasteiger partial charge in [-0.3, -0.25) is 4.79 Å². The SMILES string of the molecule is CC(NC(=O)c1ccc(I)cc1)C1CCOC1. The first-order valence-electron chi connectivity index (χ1n) is 5.81. The predicted octanol–water partition coefficient (Wildman–Crippen LogP) is 2.45. The van der Waals surface area contributed by atoms with Crippen LogP contribution in [0.15, 0.2) is 24.3 Å². The van der Waals surface area contributed by atoms with Crippen molar-refractivity contribution in [2.75, 3.05) is 13.2 Å². The molecule has 0 spiro atoms. The summed E-state index contributed by atoms with van der Waals surface area (Å²) >= 11 is 2.23. The van der Waals surface area contributed by atoms with Crippen molar-refractivity contribution in [3.8, 4) is 0 Å². The topological polar surface area (TPSA) is 38.3 Å². The van der Waals surface area contributed by atoms with Gasteiger partial charge in [-0.2, -0.15) is 0 Å². The molecule has 2 unspecified atom stereocenters. The number of carbonyl (C=O) groups excluding carboxylic acids is 1. The summed E-state index contributed by atoms with van der Waals surface area (Å²) in [6.45, 7) is 3.62. The van der Waals surface area contributed by atoms with Gasteiger partial charge in [0.15, 0.2) is 0 Å². The third-order valence-corrected chi connectivity index (χ3v) is 3.86. The molecule has 1 heterocycles. The molecule has 1 aliphatic heterocycles. The Morgan fingerprint density at radius 2 is 2.18 bits per heavy atom. The van der Waals surface area contributed by atoms with Gasteiger partial charge in [-0.05, 0) is 60.2 Å². The van der Waals surface area contributed by atoms with Crippen molar-refractivity contribution < 1.29 is 9.53 Å². The van der Waals surface area contributed by atoms with Crippen molar-refractivity contribution in [1.29, 1.82) is 0 Å². The van der Waals surface area contributed by atoms with Crippen LogP contribution in [-0.2, 0) is 4.74 Å². The maximum Gasteiger partial charge on any atom is 0.251 e. The summed E-state index contributed by atoms with van der Waals surface area (Å²) in [6, 6.07) is 7.77. The van der Waals surface area contributed by atoms with Crippen LogP contribution >= 0.6 is 22.6 Å². The number of hydrogen-bond donors (Lipinski definition) is 1. The van der Waals surface area contributed by atoms with Gasteiger partial charge in [0.1, 0.15) is 0 Å². The van der Waals surface area contributed by atoms with Gasteiger partial charge in [-0.15, -0.1) is 0 Å². The Morgan fingerprint density at radius 1 is 1.47 bits per heavy atom. The molecule has 92 valence electrons. The second-order valence-corrected chi connectivity index (χ2v) is 5.64. The largest absolute Gasteiger partial charge is 0.381 e. The van der Waals surface area contributed by atoms with E-state index in [-0.39, 0.29) is 11.9 Å². The van der Waals surface area contributed by atoms with Gasteiger partial charge in [0, 0.05) is 27.7 Å². The lowest BCUT2D eigenvalue weighted by Gasteiger charge is -2.19. The van der Waals surface area contributed by atoms with Crippen LogP contribution in [0.4, 0.5) is 0 Å². The molecular formula is C13H16INO2. The molecule has 1 fully saturated rings. The van der Waals surface area contributed by atoms with E-state index >= 15 is 0 Å². The van der Waals surface area contributed by atoms with Crippen molar-refractivity contribution in [3.05, 3.63) is 33.4 Å². The summed E-state index contributed by atoms with van der Waals surface area (Å²) in [5.41, 5.74) is 0.719. The highest BCUT2D eigenvalue weighted by Crippen LogP contribution is 2.17. The number of amides is 1. The lowest BCUT2D eigenvalue weighted by molar-refractivity contribution is 0.0922. The molecule has 4 heteroatoms. The zero-order valence-electron chi connectivity index (χ0n) is 9.78. The van der Waals surface area contributed by atoms with Gasteiger partial charge in [0.05, 0.1) is 6.61 Å². The van der Waals surface area contributed by atoms with Gasteiger partial charge in [-0.25, -0.2) is 0 Å². The number of halogens is 1. The van der Waals surface area contributed by atoms with Gasteiger partial charge < -0.3 is 10.1 Å². The Bertz CT molecular complexity index is 385. The first-order valence-corrected chi connectivity index (χ1v) is 6.89. The first-order chi connectivity index (χ1) is 8.16. The van der Waals surface area contributed by atoms with E-state index in [1.54, 1.807) is 0 Å². The van der Waals surface area contributed by atoms with Gasteiger partial charge in [0.2, 0.25) is 0 Å². The highest BCUT2D eigenvalue weighted by Gasteiger charge is 2.23. The number of ether oxygens (including phenoxy) is 1. The molecule has 1 saturated heterocycles. The van der Waals surface area contributed by atoms with Gasteiger partial charge in [0.25, 0.3) is 5.91 Å². The summed E-state index contributed by atoms with van der Waals surface area (Å²) < 4.78 is 6.46. The Labute approximate surface area is 115 Å². The Kier molecular flexibility index (Phi) is 4.39. The molecular weight excluding hydrogens is 329 g/mol. The van der Waals surface area contributed by atoms with E-state index in [0.29, 0.717) is 5.92 Å². The van der Waals surface area contributed by atoms with Crippen LogP contribution in [0.3, 0.4) is 0 Å². The summed E-state index contributed by atoms with van der Waals surface area (Å²) in [4.78, 5) is 12.0. The Hall–Kier alpha value is -0.620. The fourth-order valence-corrected chi connectivity index (χ4v) is 2.32. The van der Waals surface area contributed by atoms with E-state index < -0.39 is 0 Å². The van der Waals surface area contributed by atoms with E-state index in [2.05, 4.69) is 27.9 Å². The normalized spacial score (nSPS) is 21.2. The molecule has 1 aliphatic rings. The minimum absolute atomic E-state index is 0.000741. The van der Waals surface area contributed by atoms with Gasteiger partial charge in [-0.1, -0.05) is 0 Å². The third kappa shape index (κ3) is 3.42. The van der Waals surface area contributed by atoms with Crippen LogP contribution in [0.5, 0.6) is 0 Å². The highest BCUT2D eigenvalue weighted by molar-refractivity contribution is 14.1. The number of rotatable bonds is 3. The minimum Gasteiger partial charge on any atom is -0.381 e. The van der Waals surface area contributed by atoms with Gasteiger partial charge >= 0.3 is 0 Å². The highest BCUT2D eigenvalue weighted by atomic mass is 127. The molecule has 1 N–H and O–H groups in total. The second-order valence-electron chi connectivity index (χ2n) is 4.39. The number of nitrogens with one attached hydrogen (secondary N) is 1. The van der Waals surface area contributed by atoms with Crippen molar-refractivity contribution in [2.45, 2.75) is 19.4 Å². The Balaban J connectivity index is 1.94. The molecule has 1 aromatic carbocycles. The summed E-state index contributed by atoms with van der Waals surface area (Å²) in [5.74, 6) is 0.448. The predicted molar refractivity (Wildman–Crippen MR) is 75.0 cm³/mol. The average Bonchev–Trinajstić information content (AvgIpc) is 2.83. The monoisotopic (exact) mass is 345 g/mol. The van der Waals surface area contributed by atoms with E-state index in [1.807, 2.05) is 31.2 Å². The molecule has 0 aliphatic carbocycles. The smallest absolute Gasteiger partial charge is 0.251 e. The van der Waals surface area contributed by atoms with Crippen LogP contribution in [-0.4, -0.2) is 25.2 Å². The average molecular weight is 345 g/mol. The van der Waals surface area contributed by atoms with Crippen LogP contribution in [0.25, 0.3) is 0 Å².